The minimum Gasteiger partial charge on any atom is -0.478 e. The molecule has 0 bridgehead atoms. The fourth-order valence-electron chi connectivity index (χ4n) is 2.05. The molecule has 4 N–H and O–H groups in total. The minimum atomic E-state index is -1.07. The highest BCUT2D eigenvalue weighted by atomic mass is 35.5. The first-order chi connectivity index (χ1) is 9.47. The van der Waals surface area contributed by atoms with Gasteiger partial charge in [0.15, 0.2) is 0 Å². The Bertz CT molecular complexity index is 528. The number of carbonyl (C=O) groups excluding carboxylic acids is 1. The minimum absolute atomic E-state index is 0.0744. The summed E-state index contributed by atoms with van der Waals surface area (Å²) in [6.45, 7) is 1.17. The standard InChI is InChI=1S/C13H16ClN3O3/c14-10-2-1-8(12(18)19)7-11(10)16-13(20)17-5-3-9(15)4-6-17/h1-2,7,9H,3-6,15H2,(H,16,20)(H,18,19). The number of anilines is 1. The molecule has 1 heterocycles. The summed E-state index contributed by atoms with van der Waals surface area (Å²) < 4.78 is 0. The van der Waals surface area contributed by atoms with Crippen LogP contribution in [0.4, 0.5) is 10.5 Å². The van der Waals surface area contributed by atoms with E-state index in [9.17, 15) is 9.59 Å². The second-order valence-electron chi connectivity index (χ2n) is 4.75. The molecule has 0 atom stereocenters. The number of carboxylic acids is 1. The van der Waals surface area contributed by atoms with Crippen LogP contribution in [0, 0.1) is 0 Å². The van der Waals surface area contributed by atoms with Crippen molar-refractivity contribution in [2.75, 3.05) is 18.4 Å². The Balaban J connectivity index is 2.07. The number of nitrogens with zero attached hydrogens (tertiary/aromatic N) is 1. The number of benzene rings is 1. The van der Waals surface area contributed by atoms with Gasteiger partial charge < -0.3 is 21.1 Å². The highest BCUT2D eigenvalue weighted by Crippen LogP contribution is 2.24. The average molecular weight is 298 g/mol. The summed E-state index contributed by atoms with van der Waals surface area (Å²) in [6, 6.07) is 4.03. The number of likely N-dealkylation sites (tertiary alicyclic amines) is 1. The summed E-state index contributed by atoms with van der Waals surface area (Å²) in [5.74, 6) is -1.07. The van der Waals surface area contributed by atoms with E-state index in [1.807, 2.05) is 0 Å². The van der Waals surface area contributed by atoms with Crippen LogP contribution in [0.3, 0.4) is 0 Å². The molecule has 2 amide bonds. The number of halogens is 1. The Morgan fingerprint density at radius 2 is 2.00 bits per heavy atom. The van der Waals surface area contributed by atoms with E-state index in [0.29, 0.717) is 23.8 Å². The van der Waals surface area contributed by atoms with Gasteiger partial charge in [-0.2, -0.15) is 0 Å². The van der Waals surface area contributed by atoms with Crippen LogP contribution in [0.1, 0.15) is 23.2 Å². The molecule has 0 aliphatic carbocycles. The first-order valence-electron chi connectivity index (χ1n) is 6.31. The Morgan fingerprint density at radius 3 is 2.60 bits per heavy atom. The summed E-state index contributed by atoms with van der Waals surface area (Å²) in [4.78, 5) is 24.6. The van der Waals surface area contributed by atoms with E-state index < -0.39 is 5.97 Å². The van der Waals surface area contributed by atoms with Gasteiger partial charge in [-0.05, 0) is 31.0 Å². The molecule has 1 aliphatic rings. The molecule has 7 heteroatoms. The van der Waals surface area contributed by atoms with Gasteiger partial charge in [0.25, 0.3) is 0 Å². The number of piperidine rings is 1. The van der Waals surface area contributed by atoms with E-state index in [1.54, 1.807) is 4.90 Å². The second-order valence-corrected chi connectivity index (χ2v) is 5.16. The Morgan fingerprint density at radius 1 is 1.35 bits per heavy atom. The number of hydrogen-bond donors (Lipinski definition) is 3. The van der Waals surface area contributed by atoms with Crippen molar-refractivity contribution < 1.29 is 14.7 Å². The largest absolute Gasteiger partial charge is 0.478 e. The van der Waals surface area contributed by atoms with Gasteiger partial charge >= 0.3 is 12.0 Å². The SMILES string of the molecule is NC1CCN(C(=O)Nc2cc(C(=O)O)ccc2Cl)CC1. The molecule has 1 aromatic rings. The first-order valence-corrected chi connectivity index (χ1v) is 6.69. The first kappa shape index (κ1) is 14.6. The fraction of sp³-hybridized carbons (Fsp3) is 0.385. The van der Waals surface area contributed by atoms with E-state index >= 15 is 0 Å². The van der Waals surface area contributed by atoms with E-state index in [0.717, 1.165) is 12.8 Å². The predicted octanol–water partition coefficient (Wildman–Crippen LogP) is 1.99. The average Bonchev–Trinajstić information content (AvgIpc) is 2.41. The third kappa shape index (κ3) is 3.40. The van der Waals surface area contributed by atoms with Crippen LogP contribution in [-0.2, 0) is 0 Å². The third-order valence-electron chi connectivity index (χ3n) is 3.28. The summed E-state index contributed by atoms with van der Waals surface area (Å²) in [6.07, 6.45) is 1.52. The smallest absolute Gasteiger partial charge is 0.335 e. The monoisotopic (exact) mass is 297 g/mol. The van der Waals surface area contributed by atoms with Crippen LogP contribution in [0.5, 0.6) is 0 Å². The lowest BCUT2D eigenvalue weighted by Crippen LogP contribution is -2.44. The quantitative estimate of drug-likeness (QED) is 0.778. The molecular formula is C13H16ClN3O3. The van der Waals surface area contributed by atoms with Crippen molar-refractivity contribution in [3.63, 3.8) is 0 Å². The predicted molar refractivity (Wildman–Crippen MR) is 76.2 cm³/mol. The maximum Gasteiger partial charge on any atom is 0.335 e. The van der Waals surface area contributed by atoms with Crippen molar-refractivity contribution in [3.05, 3.63) is 28.8 Å². The molecule has 2 rings (SSSR count). The van der Waals surface area contributed by atoms with Crippen LogP contribution in [0.25, 0.3) is 0 Å². The van der Waals surface area contributed by atoms with E-state index in [1.165, 1.54) is 18.2 Å². The van der Waals surface area contributed by atoms with Crippen molar-refractivity contribution in [1.29, 1.82) is 0 Å². The van der Waals surface area contributed by atoms with E-state index in [2.05, 4.69) is 5.32 Å². The molecule has 0 spiro atoms. The number of rotatable bonds is 2. The van der Waals surface area contributed by atoms with Gasteiger partial charge in [0.2, 0.25) is 0 Å². The fourth-order valence-corrected chi connectivity index (χ4v) is 2.22. The maximum atomic E-state index is 12.1. The van der Waals surface area contributed by atoms with Crippen LogP contribution in [0.2, 0.25) is 5.02 Å². The van der Waals surface area contributed by atoms with Crippen molar-refractivity contribution in [1.82, 2.24) is 4.90 Å². The van der Waals surface area contributed by atoms with Crippen molar-refractivity contribution >= 4 is 29.3 Å². The van der Waals surface area contributed by atoms with Crippen LogP contribution < -0.4 is 11.1 Å². The highest BCUT2D eigenvalue weighted by molar-refractivity contribution is 6.33. The zero-order chi connectivity index (χ0) is 14.7. The van der Waals surface area contributed by atoms with Gasteiger partial charge in [-0.1, -0.05) is 11.6 Å². The van der Waals surface area contributed by atoms with E-state index in [4.69, 9.17) is 22.4 Å². The lowest BCUT2D eigenvalue weighted by Gasteiger charge is -2.30. The molecule has 108 valence electrons. The van der Waals surface area contributed by atoms with Crippen molar-refractivity contribution in [2.45, 2.75) is 18.9 Å². The summed E-state index contributed by atoms with van der Waals surface area (Å²) in [7, 11) is 0. The summed E-state index contributed by atoms with van der Waals surface area (Å²) in [5, 5.41) is 11.9. The Labute approximate surface area is 121 Å². The normalized spacial score (nSPS) is 16.0. The summed E-state index contributed by atoms with van der Waals surface area (Å²) in [5.41, 5.74) is 6.15. The molecule has 1 aromatic carbocycles. The van der Waals surface area contributed by atoms with Gasteiger partial charge in [0, 0.05) is 19.1 Å². The van der Waals surface area contributed by atoms with Crippen LogP contribution >= 0.6 is 11.6 Å². The number of amides is 2. The van der Waals surface area contributed by atoms with Crippen molar-refractivity contribution in [3.8, 4) is 0 Å². The number of hydrogen-bond acceptors (Lipinski definition) is 3. The zero-order valence-corrected chi connectivity index (χ0v) is 11.6. The number of carboxylic acid groups (broad SMARTS) is 1. The molecule has 20 heavy (non-hydrogen) atoms. The topological polar surface area (TPSA) is 95.7 Å². The number of nitrogens with two attached hydrogens (primary N) is 1. The van der Waals surface area contributed by atoms with Gasteiger partial charge in [-0.25, -0.2) is 9.59 Å². The van der Waals surface area contributed by atoms with Crippen LogP contribution in [-0.4, -0.2) is 41.1 Å². The van der Waals surface area contributed by atoms with Gasteiger partial charge in [-0.3, -0.25) is 0 Å². The van der Waals surface area contributed by atoms with Crippen LogP contribution in [0.15, 0.2) is 18.2 Å². The number of carbonyl (C=O) groups is 2. The molecule has 0 aromatic heterocycles. The molecule has 1 saturated heterocycles. The van der Waals surface area contributed by atoms with Gasteiger partial charge in [0.1, 0.15) is 0 Å². The van der Waals surface area contributed by atoms with Crippen molar-refractivity contribution in [2.24, 2.45) is 5.73 Å². The molecular weight excluding hydrogens is 282 g/mol. The Kier molecular flexibility index (Phi) is 4.46. The molecule has 0 saturated carbocycles. The lowest BCUT2D eigenvalue weighted by molar-refractivity contribution is 0.0697. The number of urea groups is 1. The van der Waals surface area contributed by atoms with E-state index in [-0.39, 0.29) is 17.6 Å². The van der Waals surface area contributed by atoms with Gasteiger partial charge in [-0.15, -0.1) is 0 Å². The number of nitrogens with one attached hydrogen (secondary N) is 1. The molecule has 6 nitrogen and oxygen atoms in total. The molecule has 1 fully saturated rings. The zero-order valence-electron chi connectivity index (χ0n) is 10.8. The second kappa shape index (κ2) is 6.11. The maximum absolute atomic E-state index is 12.1. The summed E-state index contributed by atoms with van der Waals surface area (Å²) >= 11 is 5.96. The third-order valence-corrected chi connectivity index (χ3v) is 3.61. The molecule has 0 radical (unpaired) electrons. The molecule has 0 unspecified atom stereocenters. The molecule has 1 aliphatic heterocycles. The lowest BCUT2D eigenvalue weighted by atomic mass is 10.1. The van der Waals surface area contributed by atoms with Gasteiger partial charge in [0.05, 0.1) is 16.3 Å². The number of aromatic carboxylic acids is 1. The highest BCUT2D eigenvalue weighted by Gasteiger charge is 2.21. The Hall–Kier alpha value is -1.79.